The quantitative estimate of drug-likeness (QED) is 0.181. The Morgan fingerprint density at radius 2 is 1.71 bits per heavy atom. The van der Waals surface area contributed by atoms with E-state index in [2.05, 4.69) is 10.5 Å². The van der Waals surface area contributed by atoms with Crippen molar-refractivity contribution in [2.24, 2.45) is 10.8 Å². The Labute approximate surface area is 225 Å². The van der Waals surface area contributed by atoms with E-state index >= 15 is 0 Å². The topological polar surface area (TPSA) is 125 Å². The van der Waals surface area contributed by atoms with Crippen molar-refractivity contribution in [3.05, 3.63) is 112 Å². The van der Waals surface area contributed by atoms with Gasteiger partial charge < -0.3 is 15.9 Å². The van der Waals surface area contributed by atoms with Crippen LogP contribution in [0.5, 0.6) is 5.75 Å². The predicted molar refractivity (Wildman–Crippen MR) is 149 cm³/mol. The van der Waals surface area contributed by atoms with Gasteiger partial charge in [-0.25, -0.2) is 5.43 Å². The molecular weight excluding hydrogens is 502 g/mol. The summed E-state index contributed by atoms with van der Waals surface area (Å²) in [6.07, 6.45) is 0.880. The van der Waals surface area contributed by atoms with Gasteiger partial charge in [0.05, 0.1) is 22.9 Å². The number of Topliss-reactive ketones (excluding diaryl/α,β-unsaturated/α-hetero) is 1. The van der Waals surface area contributed by atoms with E-state index in [1.807, 2.05) is 54.6 Å². The number of rotatable bonds is 9. The zero-order valence-corrected chi connectivity index (χ0v) is 21.5. The Morgan fingerprint density at radius 1 is 1.03 bits per heavy atom. The van der Waals surface area contributed by atoms with E-state index < -0.39 is 17.6 Å². The number of aromatic hydroxyl groups is 1. The average molecular weight is 530 g/mol. The molecule has 1 amide bonds. The van der Waals surface area contributed by atoms with Crippen molar-refractivity contribution in [1.82, 2.24) is 5.43 Å². The number of fused-ring (bicyclic) bond motifs is 1. The highest BCUT2D eigenvalue weighted by atomic mass is 35.5. The summed E-state index contributed by atoms with van der Waals surface area (Å²) in [6.45, 7) is 1.65. The number of phenols is 1. The molecule has 5 N–H and O–H groups in total. The number of carbonyl (C=O) groups excluding carboxylic acids is 2. The lowest BCUT2D eigenvalue weighted by Gasteiger charge is -2.26. The minimum absolute atomic E-state index is 0.0703. The molecule has 0 bridgehead atoms. The summed E-state index contributed by atoms with van der Waals surface area (Å²) < 4.78 is 0. The third-order valence-electron chi connectivity index (χ3n) is 6.42. The summed E-state index contributed by atoms with van der Waals surface area (Å²) in [7, 11) is 0. The predicted octanol–water partition coefficient (Wildman–Crippen LogP) is 4.92. The van der Waals surface area contributed by atoms with Gasteiger partial charge in [0.1, 0.15) is 5.75 Å². The van der Waals surface area contributed by atoms with E-state index in [-0.39, 0.29) is 35.0 Å². The maximum atomic E-state index is 13.2. The molecule has 0 spiro atoms. The largest absolute Gasteiger partial charge is 0.506 e. The number of hydrogen-bond acceptors (Lipinski definition) is 6. The molecule has 4 aromatic carbocycles. The van der Waals surface area contributed by atoms with Gasteiger partial charge in [-0.3, -0.25) is 9.59 Å². The first kappa shape index (κ1) is 27.0. The Balaban J connectivity index is 1.49. The number of phenolic OH excluding ortho intramolecular Hbond substituents is 1. The van der Waals surface area contributed by atoms with Gasteiger partial charge in [-0.1, -0.05) is 78.3 Å². The second-order valence-corrected chi connectivity index (χ2v) is 9.78. The van der Waals surface area contributed by atoms with Crippen molar-refractivity contribution >= 4 is 40.3 Å². The summed E-state index contributed by atoms with van der Waals surface area (Å²) in [6, 6.07) is 24.5. The van der Waals surface area contributed by atoms with Crippen LogP contribution in [-0.4, -0.2) is 33.7 Å². The molecule has 0 saturated heterocycles. The van der Waals surface area contributed by atoms with Gasteiger partial charge in [0, 0.05) is 24.0 Å². The molecule has 0 aliphatic rings. The molecule has 8 heteroatoms. The molecule has 194 valence electrons. The monoisotopic (exact) mass is 529 g/mol. The zero-order chi connectivity index (χ0) is 27.3. The highest BCUT2D eigenvalue weighted by Gasteiger charge is 2.31. The fourth-order valence-corrected chi connectivity index (χ4v) is 4.39. The summed E-state index contributed by atoms with van der Waals surface area (Å²) in [5, 5.41) is 26.0. The first-order valence-electron chi connectivity index (χ1n) is 12.0. The second kappa shape index (κ2) is 11.6. The van der Waals surface area contributed by atoms with Crippen molar-refractivity contribution in [1.29, 1.82) is 0 Å². The molecular formula is C30H28ClN3O4. The highest BCUT2D eigenvalue weighted by Crippen LogP contribution is 2.27. The first-order valence-corrected chi connectivity index (χ1v) is 12.4. The summed E-state index contributed by atoms with van der Waals surface area (Å²) >= 11 is 5.87. The Hall–Kier alpha value is -4.04. The molecule has 2 unspecified atom stereocenters. The standard InChI is InChI=1S/C30H28ClN3O4/c1-30(32,17-27(36)19-7-3-2-4-8-19)28(37)16-20-11-12-22(24-10-6-5-9-23(20)24)18-33-34-29(38)21-13-14-26(35)25(31)15-21/h2-15,18,27,35-36H,16-17,32H2,1H3,(H,34,38)/b33-18+. The van der Waals surface area contributed by atoms with Crippen LogP contribution in [0.25, 0.3) is 10.8 Å². The van der Waals surface area contributed by atoms with Crippen molar-refractivity contribution < 1.29 is 19.8 Å². The smallest absolute Gasteiger partial charge is 0.271 e. The number of ketones is 1. The SMILES string of the molecule is CC(N)(CC(O)c1ccccc1)C(=O)Cc1ccc(/C=N/NC(=O)c2ccc(O)c(Cl)c2)c2ccccc12. The molecule has 0 aliphatic heterocycles. The van der Waals surface area contributed by atoms with E-state index in [1.54, 1.807) is 19.1 Å². The fraction of sp³-hybridized carbons (Fsp3) is 0.167. The second-order valence-electron chi connectivity index (χ2n) is 9.37. The Kier molecular flexibility index (Phi) is 8.22. The van der Waals surface area contributed by atoms with E-state index in [0.717, 1.165) is 21.9 Å². The van der Waals surface area contributed by atoms with E-state index in [0.29, 0.717) is 5.56 Å². The molecule has 2 atom stereocenters. The molecule has 4 rings (SSSR count). The molecule has 0 saturated carbocycles. The maximum Gasteiger partial charge on any atom is 0.271 e. The van der Waals surface area contributed by atoms with Crippen molar-refractivity contribution in [3.8, 4) is 5.75 Å². The molecule has 4 aromatic rings. The molecule has 0 fully saturated rings. The minimum Gasteiger partial charge on any atom is -0.506 e. The number of hydrogen-bond donors (Lipinski definition) is 4. The summed E-state index contributed by atoms with van der Waals surface area (Å²) in [5.74, 6) is -0.771. The van der Waals surface area contributed by atoms with E-state index in [1.165, 1.54) is 24.4 Å². The van der Waals surface area contributed by atoms with Crippen molar-refractivity contribution in [3.63, 3.8) is 0 Å². The molecule has 0 radical (unpaired) electrons. The molecule has 38 heavy (non-hydrogen) atoms. The molecule has 0 aromatic heterocycles. The van der Waals surface area contributed by atoms with Crippen LogP contribution in [0.3, 0.4) is 0 Å². The van der Waals surface area contributed by atoms with Crippen LogP contribution in [0.2, 0.25) is 5.02 Å². The van der Waals surface area contributed by atoms with Crippen LogP contribution in [-0.2, 0) is 11.2 Å². The number of nitrogens with two attached hydrogens (primary N) is 1. The lowest BCUT2D eigenvalue weighted by atomic mass is 9.84. The van der Waals surface area contributed by atoms with E-state index in [4.69, 9.17) is 17.3 Å². The third kappa shape index (κ3) is 6.26. The average Bonchev–Trinajstić information content (AvgIpc) is 2.91. The van der Waals surface area contributed by atoms with Crippen molar-refractivity contribution in [2.75, 3.05) is 0 Å². The number of carbonyl (C=O) groups is 2. The molecule has 7 nitrogen and oxygen atoms in total. The third-order valence-corrected chi connectivity index (χ3v) is 6.72. The van der Waals surface area contributed by atoms with Crippen LogP contribution >= 0.6 is 11.6 Å². The zero-order valence-electron chi connectivity index (χ0n) is 20.8. The number of halogens is 1. The van der Waals surface area contributed by atoms with Gasteiger partial charge in [-0.05, 0) is 47.0 Å². The fourth-order valence-electron chi connectivity index (χ4n) is 4.21. The Morgan fingerprint density at radius 3 is 2.42 bits per heavy atom. The van der Waals surface area contributed by atoms with Gasteiger partial charge in [-0.2, -0.15) is 5.10 Å². The van der Waals surface area contributed by atoms with Gasteiger partial charge in [0.2, 0.25) is 0 Å². The van der Waals surface area contributed by atoms with Crippen LogP contribution in [0.4, 0.5) is 0 Å². The van der Waals surface area contributed by atoms with Crippen LogP contribution < -0.4 is 11.2 Å². The van der Waals surface area contributed by atoms with Gasteiger partial charge in [-0.15, -0.1) is 0 Å². The number of hydrazone groups is 1. The maximum absolute atomic E-state index is 13.2. The van der Waals surface area contributed by atoms with Crippen molar-refractivity contribution in [2.45, 2.75) is 31.4 Å². The molecule has 0 heterocycles. The lowest BCUT2D eigenvalue weighted by molar-refractivity contribution is -0.124. The van der Waals surface area contributed by atoms with Crippen LogP contribution in [0, 0.1) is 0 Å². The lowest BCUT2D eigenvalue weighted by Crippen LogP contribution is -2.47. The summed E-state index contributed by atoms with van der Waals surface area (Å²) in [4.78, 5) is 25.6. The van der Waals surface area contributed by atoms with E-state index in [9.17, 15) is 19.8 Å². The number of aliphatic hydroxyl groups is 1. The van der Waals surface area contributed by atoms with Crippen LogP contribution in [0.15, 0.2) is 90.0 Å². The number of aliphatic hydroxyl groups excluding tert-OH is 1. The number of amides is 1. The minimum atomic E-state index is -1.22. The number of nitrogens with zero attached hydrogens (tertiary/aromatic N) is 1. The van der Waals surface area contributed by atoms with Gasteiger partial charge in [0.25, 0.3) is 5.91 Å². The van der Waals surface area contributed by atoms with Gasteiger partial charge >= 0.3 is 0 Å². The molecule has 0 aliphatic carbocycles. The normalized spacial score (nSPS) is 13.8. The van der Waals surface area contributed by atoms with Gasteiger partial charge in [0.15, 0.2) is 5.78 Å². The summed E-state index contributed by atoms with van der Waals surface area (Å²) in [5.41, 5.74) is 10.1. The highest BCUT2D eigenvalue weighted by molar-refractivity contribution is 6.32. The Bertz CT molecular complexity index is 1500. The van der Waals surface area contributed by atoms with Crippen LogP contribution in [0.1, 0.15) is 46.5 Å². The number of nitrogens with one attached hydrogen (secondary N) is 1. The number of benzene rings is 4. The first-order chi connectivity index (χ1) is 18.2.